The van der Waals surface area contributed by atoms with Crippen molar-refractivity contribution in [3.63, 3.8) is 0 Å². The van der Waals surface area contributed by atoms with Crippen LogP contribution in [0.1, 0.15) is 16.5 Å². The van der Waals surface area contributed by atoms with E-state index in [1.807, 2.05) is 0 Å². The maximum absolute atomic E-state index is 13.2. The summed E-state index contributed by atoms with van der Waals surface area (Å²) in [5.41, 5.74) is -2.40. The van der Waals surface area contributed by atoms with Crippen molar-refractivity contribution in [1.82, 2.24) is 14.5 Å². The molecule has 0 radical (unpaired) electrons. The van der Waals surface area contributed by atoms with Crippen molar-refractivity contribution in [1.29, 1.82) is 0 Å². The van der Waals surface area contributed by atoms with E-state index in [2.05, 4.69) is 9.97 Å². The predicted molar refractivity (Wildman–Crippen MR) is 63.7 cm³/mol. The minimum absolute atomic E-state index is 0.223. The number of aryl methyl sites for hydroxylation is 2. The molecule has 0 aromatic carbocycles. The van der Waals surface area contributed by atoms with Gasteiger partial charge < -0.3 is 9.67 Å². The SMILES string of the molecule is Cc1csc(C[C@@](O)(c2nccn2C)C(F)(F)F)n1. The Balaban J connectivity index is 2.44. The third kappa shape index (κ3) is 2.50. The van der Waals surface area contributed by atoms with Crippen molar-refractivity contribution in [2.45, 2.75) is 25.1 Å². The zero-order valence-electron chi connectivity index (χ0n) is 10.3. The summed E-state index contributed by atoms with van der Waals surface area (Å²) in [4.78, 5) is 7.60. The van der Waals surface area contributed by atoms with Gasteiger partial charge in [-0.05, 0) is 6.92 Å². The molecule has 0 aliphatic heterocycles. The quantitative estimate of drug-likeness (QED) is 0.943. The molecule has 0 unspecified atom stereocenters. The molecule has 0 saturated carbocycles. The third-order valence-electron chi connectivity index (χ3n) is 2.73. The first-order chi connectivity index (χ1) is 8.74. The minimum atomic E-state index is -4.83. The van der Waals surface area contributed by atoms with Crippen molar-refractivity contribution in [3.8, 4) is 0 Å². The standard InChI is InChI=1S/C11H12F3N3OS/c1-7-6-19-8(16-7)5-10(18,11(12,13)14)9-15-3-4-17(9)2/h3-4,6,18H,5H2,1-2H3/t10-/m1/s1. The van der Waals surface area contributed by atoms with E-state index in [0.29, 0.717) is 5.69 Å². The maximum Gasteiger partial charge on any atom is 0.424 e. The molecular weight excluding hydrogens is 279 g/mol. The number of aromatic nitrogens is 3. The highest BCUT2D eigenvalue weighted by molar-refractivity contribution is 7.09. The van der Waals surface area contributed by atoms with Crippen LogP contribution in [0, 0.1) is 6.92 Å². The lowest BCUT2D eigenvalue weighted by atomic mass is 9.98. The zero-order chi connectivity index (χ0) is 14.3. The van der Waals surface area contributed by atoms with Gasteiger partial charge in [0.2, 0.25) is 5.60 Å². The molecule has 1 atom stereocenters. The number of rotatable bonds is 3. The van der Waals surface area contributed by atoms with Gasteiger partial charge in [0.1, 0.15) is 0 Å². The number of imidazole rings is 1. The second-order valence-corrected chi connectivity index (χ2v) is 5.22. The van der Waals surface area contributed by atoms with Gasteiger partial charge in [-0.15, -0.1) is 11.3 Å². The fourth-order valence-electron chi connectivity index (χ4n) is 1.77. The number of aliphatic hydroxyl groups is 1. The van der Waals surface area contributed by atoms with Crippen LogP contribution in [-0.4, -0.2) is 25.8 Å². The van der Waals surface area contributed by atoms with Crippen molar-refractivity contribution in [2.75, 3.05) is 0 Å². The summed E-state index contributed by atoms with van der Waals surface area (Å²) >= 11 is 1.09. The van der Waals surface area contributed by atoms with E-state index in [-0.39, 0.29) is 5.01 Å². The molecule has 0 saturated heterocycles. The summed E-state index contributed by atoms with van der Waals surface area (Å²) in [6.45, 7) is 1.69. The number of hydrogen-bond donors (Lipinski definition) is 1. The molecule has 0 fully saturated rings. The largest absolute Gasteiger partial charge is 0.424 e. The van der Waals surface area contributed by atoms with Gasteiger partial charge in [0, 0.05) is 36.9 Å². The van der Waals surface area contributed by atoms with Crippen LogP contribution in [0.25, 0.3) is 0 Å². The average Bonchev–Trinajstić information content (AvgIpc) is 2.86. The molecule has 19 heavy (non-hydrogen) atoms. The van der Waals surface area contributed by atoms with Crippen LogP contribution in [0.5, 0.6) is 0 Å². The van der Waals surface area contributed by atoms with Crippen molar-refractivity contribution >= 4 is 11.3 Å². The van der Waals surface area contributed by atoms with Gasteiger partial charge in [0.25, 0.3) is 0 Å². The van der Waals surface area contributed by atoms with E-state index in [4.69, 9.17) is 0 Å². The summed E-state index contributed by atoms with van der Waals surface area (Å²) in [7, 11) is 1.41. The molecular formula is C11H12F3N3OS. The Kier molecular flexibility index (Phi) is 3.40. The predicted octanol–water partition coefficient (Wildman–Crippen LogP) is 2.18. The summed E-state index contributed by atoms with van der Waals surface area (Å²) in [5, 5.41) is 12.0. The van der Waals surface area contributed by atoms with Crippen molar-refractivity contribution in [3.05, 3.63) is 34.3 Å². The summed E-state index contributed by atoms with van der Waals surface area (Å²) in [6, 6.07) is 0. The van der Waals surface area contributed by atoms with Crippen LogP contribution in [0.15, 0.2) is 17.8 Å². The second kappa shape index (κ2) is 4.61. The molecule has 2 aromatic rings. The molecule has 4 nitrogen and oxygen atoms in total. The Morgan fingerprint density at radius 3 is 2.53 bits per heavy atom. The smallest absolute Gasteiger partial charge is 0.374 e. The minimum Gasteiger partial charge on any atom is -0.374 e. The number of hydrogen-bond acceptors (Lipinski definition) is 4. The molecule has 2 rings (SSSR count). The van der Waals surface area contributed by atoms with Gasteiger partial charge in [0.15, 0.2) is 5.82 Å². The molecule has 0 bridgehead atoms. The van der Waals surface area contributed by atoms with Crippen LogP contribution >= 0.6 is 11.3 Å². The Labute approximate surface area is 111 Å². The lowest BCUT2D eigenvalue weighted by Gasteiger charge is -2.29. The first kappa shape index (κ1) is 14.0. The Morgan fingerprint density at radius 1 is 1.42 bits per heavy atom. The first-order valence-corrected chi connectivity index (χ1v) is 6.30. The third-order valence-corrected chi connectivity index (χ3v) is 3.70. The van der Waals surface area contributed by atoms with E-state index in [0.717, 1.165) is 15.9 Å². The van der Waals surface area contributed by atoms with Gasteiger partial charge in [-0.2, -0.15) is 13.2 Å². The summed E-state index contributed by atoms with van der Waals surface area (Å²) in [6.07, 6.45) is -2.89. The topological polar surface area (TPSA) is 50.9 Å². The van der Waals surface area contributed by atoms with Crippen molar-refractivity contribution < 1.29 is 18.3 Å². The first-order valence-electron chi connectivity index (χ1n) is 5.42. The molecule has 1 N–H and O–H groups in total. The molecule has 8 heteroatoms. The van der Waals surface area contributed by atoms with E-state index in [9.17, 15) is 18.3 Å². The summed E-state index contributed by atoms with van der Waals surface area (Å²) in [5.74, 6) is -0.437. The van der Waals surface area contributed by atoms with Gasteiger partial charge in [0.05, 0.1) is 5.01 Å². The monoisotopic (exact) mass is 291 g/mol. The van der Waals surface area contributed by atoms with Gasteiger partial charge >= 0.3 is 6.18 Å². The lowest BCUT2D eigenvalue weighted by Crippen LogP contribution is -2.46. The number of alkyl halides is 3. The fourth-order valence-corrected chi connectivity index (χ4v) is 2.62. The Morgan fingerprint density at radius 2 is 2.11 bits per heavy atom. The van der Waals surface area contributed by atoms with Crippen molar-refractivity contribution in [2.24, 2.45) is 7.05 Å². The number of thiazole rings is 1. The normalized spacial score (nSPS) is 15.5. The lowest BCUT2D eigenvalue weighted by molar-refractivity contribution is -0.270. The molecule has 0 aliphatic carbocycles. The molecule has 2 heterocycles. The van der Waals surface area contributed by atoms with Gasteiger partial charge in [-0.1, -0.05) is 0 Å². The number of halogens is 3. The van der Waals surface area contributed by atoms with E-state index >= 15 is 0 Å². The van der Waals surface area contributed by atoms with E-state index < -0.39 is 24.0 Å². The molecule has 2 aromatic heterocycles. The number of nitrogens with zero attached hydrogens (tertiary/aromatic N) is 3. The molecule has 0 aliphatic rings. The second-order valence-electron chi connectivity index (χ2n) is 4.28. The van der Waals surface area contributed by atoms with Gasteiger partial charge in [-0.25, -0.2) is 9.97 Å². The maximum atomic E-state index is 13.2. The van der Waals surface area contributed by atoms with E-state index in [1.165, 1.54) is 19.4 Å². The van der Waals surface area contributed by atoms with Crippen LogP contribution in [0.3, 0.4) is 0 Å². The average molecular weight is 291 g/mol. The van der Waals surface area contributed by atoms with Gasteiger partial charge in [-0.3, -0.25) is 0 Å². The van der Waals surface area contributed by atoms with Crippen LogP contribution in [-0.2, 0) is 19.1 Å². The molecule has 0 spiro atoms. The van der Waals surface area contributed by atoms with Crippen LogP contribution in [0.4, 0.5) is 13.2 Å². The highest BCUT2D eigenvalue weighted by Crippen LogP contribution is 2.40. The van der Waals surface area contributed by atoms with Crippen LogP contribution in [0.2, 0.25) is 0 Å². The Bertz CT molecular complexity index is 578. The summed E-state index contributed by atoms with van der Waals surface area (Å²) < 4.78 is 40.8. The zero-order valence-corrected chi connectivity index (χ0v) is 11.1. The Hall–Kier alpha value is -1.41. The van der Waals surface area contributed by atoms with E-state index in [1.54, 1.807) is 12.3 Å². The van der Waals surface area contributed by atoms with Crippen LogP contribution < -0.4 is 0 Å². The molecule has 0 amide bonds. The molecule has 104 valence electrons. The fraction of sp³-hybridized carbons (Fsp3) is 0.455. The highest BCUT2D eigenvalue weighted by Gasteiger charge is 2.57. The highest BCUT2D eigenvalue weighted by atomic mass is 32.1.